The third-order valence-corrected chi connectivity index (χ3v) is 0. The van der Waals surface area contributed by atoms with Gasteiger partial charge >= 0.3 is 75.5 Å². The molecule has 0 spiro atoms. The van der Waals surface area contributed by atoms with E-state index in [9.17, 15) is 0 Å². The fourth-order valence-corrected chi connectivity index (χ4v) is 0. The SMILES string of the molecule is [Br-].[Br-].[Ca+2].[Ca+2].[Cl-].[Cl-]. The van der Waals surface area contributed by atoms with Gasteiger partial charge in [0, 0.05) is 0 Å². The molecule has 0 N–H and O–H groups in total. The van der Waals surface area contributed by atoms with E-state index < -0.39 is 0 Å². The van der Waals surface area contributed by atoms with Crippen LogP contribution >= 0.6 is 0 Å². The maximum absolute atomic E-state index is 0. The summed E-state index contributed by atoms with van der Waals surface area (Å²) in [6, 6.07) is 0. The molecule has 0 unspecified atom stereocenters. The Labute approximate surface area is 131 Å². The van der Waals surface area contributed by atoms with Gasteiger partial charge in [0.05, 0.1) is 0 Å². The molecular weight excluding hydrogens is 311 g/mol. The summed E-state index contributed by atoms with van der Waals surface area (Å²) in [5.74, 6) is 0. The zero-order valence-electron chi connectivity index (χ0n) is 2.93. The molecular formula is Br2Ca2Cl2. The fourth-order valence-electron chi connectivity index (χ4n) is 0. The average Bonchev–Trinajstić information content (AvgIpc) is 0. The molecule has 0 fully saturated rings. The Morgan fingerprint density at radius 2 is 0.500 bits per heavy atom. The van der Waals surface area contributed by atoms with E-state index in [1.165, 1.54) is 0 Å². The first-order chi connectivity index (χ1) is 0. The number of hydrogen-bond acceptors (Lipinski definition) is 0. The van der Waals surface area contributed by atoms with E-state index >= 15 is 0 Å². The summed E-state index contributed by atoms with van der Waals surface area (Å²) in [6.07, 6.45) is 0. The van der Waals surface area contributed by atoms with E-state index in [0.717, 1.165) is 0 Å². The zero-order valence-corrected chi connectivity index (χ0v) is 12.0. The van der Waals surface area contributed by atoms with Crippen molar-refractivity contribution in [2.24, 2.45) is 0 Å². The van der Waals surface area contributed by atoms with Crippen LogP contribution < -0.4 is 58.8 Å². The molecule has 0 nitrogen and oxygen atoms in total. The predicted octanol–water partition coefficient (Wildman–Crippen LogP) is -12.7. The van der Waals surface area contributed by atoms with Crippen LogP contribution in [0.25, 0.3) is 0 Å². The molecule has 32 valence electrons. The Bertz CT molecular complexity index is 9.51. The van der Waals surface area contributed by atoms with Crippen molar-refractivity contribution >= 4 is 75.5 Å². The molecule has 0 saturated carbocycles. The van der Waals surface area contributed by atoms with Crippen LogP contribution in [-0.2, 0) is 0 Å². The van der Waals surface area contributed by atoms with Crippen LogP contribution in [0, 0.1) is 0 Å². The Balaban J connectivity index is 0. The molecule has 0 aromatic heterocycles. The van der Waals surface area contributed by atoms with Gasteiger partial charge in [-0.3, -0.25) is 0 Å². The summed E-state index contributed by atoms with van der Waals surface area (Å²) in [5, 5.41) is 0. The Hall–Kier alpha value is 4.06. The first-order valence-electron chi connectivity index (χ1n) is 0. The second-order valence-electron chi connectivity index (χ2n) is 0. The molecule has 6 heteroatoms. The monoisotopic (exact) mass is 308 g/mol. The van der Waals surface area contributed by atoms with Crippen LogP contribution in [0.3, 0.4) is 0 Å². The van der Waals surface area contributed by atoms with Gasteiger partial charge < -0.3 is 58.8 Å². The molecule has 0 saturated heterocycles. The van der Waals surface area contributed by atoms with Crippen LogP contribution in [0.5, 0.6) is 0 Å². The van der Waals surface area contributed by atoms with Gasteiger partial charge in [0.25, 0.3) is 0 Å². The van der Waals surface area contributed by atoms with E-state index in [2.05, 4.69) is 0 Å². The summed E-state index contributed by atoms with van der Waals surface area (Å²) in [4.78, 5) is 0. The van der Waals surface area contributed by atoms with E-state index in [0.29, 0.717) is 0 Å². The van der Waals surface area contributed by atoms with E-state index in [-0.39, 0.29) is 134 Å². The first-order valence-corrected chi connectivity index (χ1v) is 0. The van der Waals surface area contributed by atoms with Crippen LogP contribution in [0.1, 0.15) is 0 Å². The van der Waals surface area contributed by atoms with Gasteiger partial charge in [-0.2, -0.15) is 0 Å². The van der Waals surface area contributed by atoms with Gasteiger partial charge in [0.15, 0.2) is 0 Å². The molecule has 0 rings (SSSR count). The molecule has 0 bridgehead atoms. The normalized spacial score (nSPS) is 0. The molecule has 0 aromatic rings. The minimum absolute atomic E-state index is 0. The van der Waals surface area contributed by atoms with Gasteiger partial charge in [0.1, 0.15) is 0 Å². The standard InChI is InChI=1S/2BrH.2Ca.2ClH/h2*1H;;;2*1H/q;;2*+2;;/p-4. The van der Waals surface area contributed by atoms with Crippen LogP contribution in [0.15, 0.2) is 0 Å². The van der Waals surface area contributed by atoms with Gasteiger partial charge in [-0.1, -0.05) is 0 Å². The average molecular weight is 311 g/mol. The predicted molar refractivity (Wildman–Crippen MR) is 11.5 cm³/mol. The maximum atomic E-state index is 0. The number of halogens is 4. The fraction of sp³-hybridized carbons (Fsp3) is 0. The molecule has 0 radical (unpaired) electrons. The second kappa shape index (κ2) is 35.7. The third kappa shape index (κ3) is 24.4. The second-order valence-corrected chi connectivity index (χ2v) is 0. The summed E-state index contributed by atoms with van der Waals surface area (Å²) in [5.41, 5.74) is 0. The van der Waals surface area contributed by atoms with E-state index in [1.807, 2.05) is 0 Å². The molecule has 0 amide bonds. The minimum atomic E-state index is 0. The molecule has 0 aromatic carbocycles. The van der Waals surface area contributed by atoms with Crippen molar-refractivity contribution in [2.75, 3.05) is 0 Å². The quantitative estimate of drug-likeness (QED) is 0.390. The van der Waals surface area contributed by atoms with Crippen molar-refractivity contribution in [3.8, 4) is 0 Å². The number of rotatable bonds is 0. The molecule has 6 heavy (non-hydrogen) atoms. The summed E-state index contributed by atoms with van der Waals surface area (Å²) < 4.78 is 0. The smallest absolute Gasteiger partial charge is 1.00 e. The van der Waals surface area contributed by atoms with Crippen LogP contribution in [-0.4, -0.2) is 75.5 Å². The number of hydrogen-bond donors (Lipinski definition) is 0. The van der Waals surface area contributed by atoms with E-state index in [1.54, 1.807) is 0 Å². The Morgan fingerprint density at radius 3 is 0.500 bits per heavy atom. The van der Waals surface area contributed by atoms with Crippen molar-refractivity contribution in [3.05, 3.63) is 0 Å². The minimum Gasteiger partial charge on any atom is -1.00 e. The van der Waals surface area contributed by atoms with Crippen LogP contribution in [0.2, 0.25) is 0 Å². The summed E-state index contributed by atoms with van der Waals surface area (Å²) >= 11 is 0. The van der Waals surface area contributed by atoms with Crippen molar-refractivity contribution in [2.45, 2.75) is 0 Å². The Morgan fingerprint density at radius 1 is 0.500 bits per heavy atom. The zero-order chi connectivity index (χ0) is 0. The van der Waals surface area contributed by atoms with Crippen molar-refractivity contribution in [3.63, 3.8) is 0 Å². The van der Waals surface area contributed by atoms with Gasteiger partial charge in [-0.05, 0) is 0 Å². The molecule has 0 atom stereocenters. The van der Waals surface area contributed by atoms with Gasteiger partial charge in [-0.25, -0.2) is 0 Å². The van der Waals surface area contributed by atoms with Crippen molar-refractivity contribution in [1.29, 1.82) is 0 Å². The topological polar surface area (TPSA) is 0 Å². The third-order valence-electron chi connectivity index (χ3n) is 0. The molecule has 0 aliphatic carbocycles. The summed E-state index contributed by atoms with van der Waals surface area (Å²) in [6.45, 7) is 0. The summed E-state index contributed by atoms with van der Waals surface area (Å²) in [7, 11) is 0. The van der Waals surface area contributed by atoms with Gasteiger partial charge in [-0.15, -0.1) is 0 Å². The maximum Gasteiger partial charge on any atom is 2.00 e. The molecule has 0 aliphatic rings. The van der Waals surface area contributed by atoms with E-state index in [4.69, 9.17) is 0 Å². The molecule has 0 aliphatic heterocycles. The van der Waals surface area contributed by atoms with Crippen LogP contribution in [0.4, 0.5) is 0 Å². The largest absolute Gasteiger partial charge is 2.00 e. The van der Waals surface area contributed by atoms with Gasteiger partial charge in [0.2, 0.25) is 0 Å². The Kier molecular flexibility index (Phi) is 298. The first kappa shape index (κ1) is 50.1. The molecule has 0 heterocycles. The van der Waals surface area contributed by atoms with Crippen molar-refractivity contribution < 1.29 is 58.8 Å². The van der Waals surface area contributed by atoms with Crippen molar-refractivity contribution in [1.82, 2.24) is 0 Å².